The number of nitro groups is 1. The van der Waals surface area contributed by atoms with E-state index in [-0.39, 0.29) is 30.1 Å². The first kappa shape index (κ1) is 21.5. The van der Waals surface area contributed by atoms with Crippen LogP contribution < -0.4 is 10.2 Å². The van der Waals surface area contributed by atoms with Crippen LogP contribution in [0.15, 0.2) is 24.3 Å². The Bertz CT molecular complexity index is 817. The number of piperidine rings is 1. The van der Waals surface area contributed by atoms with Crippen molar-refractivity contribution in [1.29, 1.82) is 0 Å². The summed E-state index contributed by atoms with van der Waals surface area (Å²) in [4.78, 5) is 50.1. The number of rotatable bonds is 8. The molecule has 0 bridgehead atoms. The average Bonchev–Trinajstić information content (AvgIpc) is 3.55. The smallest absolute Gasteiger partial charge is 0.309 e. The van der Waals surface area contributed by atoms with E-state index >= 15 is 0 Å². The summed E-state index contributed by atoms with van der Waals surface area (Å²) < 4.78 is 5.15. The van der Waals surface area contributed by atoms with Gasteiger partial charge in [0.1, 0.15) is 5.69 Å². The highest BCUT2D eigenvalue weighted by Crippen LogP contribution is 2.31. The largest absolute Gasteiger partial charge is 0.455 e. The quantitative estimate of drug-likeness (QED) is 0.381. The molecule has 0 atom stereocenters. The van der Waals surface area contributed by atoms with E-state index in [0.29, 0.717) is 31.6 Å². The molecule has 30 heavy (non-hydrogen) atoms. The Hall–Kier alpha value is -3.17. The van der Waals surface area contributed by atoms with Crippen LogP contribution in [0.25, 0.3) is 0 Å². The number of likely N-dealkylation sites (N-methyl/N-ethyl adjacent to an activating group) is 1. The van der Waals surface area contributed by atoms with Gasteiger partial charge in [0.2, 0.25) is 5.91 Å². The lowest BCUT2D eigenvalue weighted by atomic mass is 9.96. The highest BCUT2D eigenvalue weighted by Gasteiger charge is 2.30. The fraction of sp³-hybridized carbons (Fsp3) is 0.550. The monoisotopic (exact) mass is 418 g/mol. The summed E-state index contributed by atoms with van der Waals surface area (Å²) >= 11 is 0. The number of nitrogens with one attached hydrogen (secondary N) is 1. The van der Waals surface area contributed by atoms with Crippen LogP contribution in [-0.4, -0.2) is 66.9 Å². The van der Waals surface area contributed by atoms with Gasteiger partial charge < -0.3 is 19.9 Å². The normalized spacial score (nSPS) is 16.6. The van der Waals surface area contributed by atoms with Gasteiger partial charge in [-0.05, 0) is 31.7 Å². The Kier molecular flexibility index (Phi) is 6.86. The molecular formula is C20H26N4O6. The van der Waals surface area contributed by atoms with Crippen molar-refractivity contribution >= 4 is 29.2 Å². The molecule has 2 fully saturated rings. The third kappa shape index (κ3) is 5.68. The number of para-hydroxylation sites is 2. The molecule has 1 heterocycles. The zero-order valence-electron chi connectivity index (χ0n) is 16.9. The lowest BCUT2D eigenvalue weighted by molar-refractivity contribution is -0.384. The minimum atomic E-state index is -0.457. The van der Waals surface area contributed by atoms with Crippen molar-refractivity contribution in [3.05, 3.63) is 34.4 Å². The molecule has 1 aliphatic heterocycles. The minimum absolute atomic E-state index is 0.0397. The Morgan fingerprint density at radius 3 is 2.50 bits per heavy atom. The molecule has 0 unspecified atom stereocenters. The lowest BCUT2D eigenvalue weighted by Crippen LogP contribution is -2.41. The number of hydrogen-bond donors (Lipinski definition) is 1. The summed E-state index contributed by atoms with van der Waals surface area (Å²) in [5, 5.41) is 14.0. The van der Waals surface area contributed by atoms with E-state index in [2.05, 4.69) is 5.32 Å². The van der Waals surface area contributed by atoms with Gasteiger partial charge in [0.05, 0.1) is 17.4 Å². The maximum atomic E-state index is 12.3. The topological polar surface area (TPSA) is 122 Å². The van der Waals surface area contributed by atoms with Crippen molar-refractivity contribution in [1.82, 2.24) is 10.2 Å². The summed E-state index contributed by atoms with van der Waals surface area (Å²) in [5.74, 6) is -1.48. The van der Waals surface area contributed by atoms with Gasteiger partial charge in [0.25, 0.3) is 11.6 Å². The molecule has 1 aromatic carbocycles. The number of nitrogens with zero attached hydrogens (tertiary/aromatic N) is 3. The standard InChI is InChI=1S/C20H26N4O6/c1-22(12-18(25)21-15-6-7-15)19(26)13-30-20(27)14-8-10-23(11-9-14)16-4-2-3-5-17(16)24(28)29/h2-5,14-15H,6-13H2,1H3,(H,21,25). The highest BCUT2D eigenvalue weighted by molar-refractivity contribution is 5.86. The van der Waals surface area contributed by atoms with Crippen LogP contribution in [0.4, 0.5) is 11.4 Å². The summed E-state index contributed by atoms with van der Waals surface area (Å²) in [6.07, 6.45) is 2.91. The number of carbonyl (C=O) groups excluding carboxylic acids is 3. The van der Waals surface area contributed by atoms with Crippen molar-refractivity contribution < 1.29 is 24.0 Å². The Balaban J connectivity index is 1.42. The van der Waals surface area contributed by atoms with Crippen LogP contribution in [0.1, 0.15) is 25.7 Å². The van der Waals surface area contributed by atoms with Gasteiger partial charge in [-0.1, -0.05) is 12.1 Å². The number of anilines is 1. The van der Waals surface area contributed by atoms with E-state index in [1.807, 2.05) is 4.90 Å². The van der Waals surface area contributed by atoms with Gasteiger partial charge in [-0.2, -0.15) is 0 Å². The second-order valence-corrected chi connectivity index (χ2v) is 7.71. The van der Waals surface area contributed by atoms with E-state index in [9.17, 15) is 24.5 Å². The first-order valence-corrected chi connectivity index (χ1v) is 10.0. The molecule has 1 saturated carbocycles. The molecule has 2 aliphatic rings. The van der Waals surface area contributed by atoms with Crippen molar-refractivity contribution in [2.75, 3.05) is 38.2 Å². The first-order chi connectivity index (χ1) is 14.3. The molecule has 0 aromatic heterocycles. The van der Waals surface area contributed by atoms with Gasteiger partial charge in [-0.15, -0.1) is 0 Å². The average molecular weight is 418 g/mol. The summed E-state index contributed by atoms with van der Waals surface area (Å²) in [6.45, 7) is 0.497. The van der Waals surface area contributed by atoms with Crippen molar-refractivity contribution in [3.8, 4) is 0 Å². The summed E-state index contributed by atoms with van der Waals surface area (Å²) in [5.41, 5.74) is 0.577. The van der Waals surface area contributed by atoms with Gasteiger partial charge in [0, 0.05) is 32.2 Å². The molecule has 1 aromatic rings. The third-order valence-corrected chi connectivity index (χ3v) is 5.33. The maximum Gasteiger partial charge on any atom is 0.309 e. The molecular weight excluding hydrogens is 392 g/mol. The Morgan fingerprint density at radius 2 is 1.87 bits per heavy atom. The predicted octanol–water partition coefficient (Wildman–Crippen LogP) is 1.09. The number of benzene rings is 1. The van der Waals surface area contributed by atoms with Crippen LogP contribution in [0.5, 0.6) is 0 Å². The van der Waals surface area contributed by atoms with Crippen LogP contribution in [0, 0.1) is 16.0 Å². The van der Waals surface area contributed by atoms with Crippen LogP contribution in [-0.2, 0) is 19.1 Å². The maximum absolute atomic E-state index is 12.3. The minimum Gasteiger partial charge on any atom is -0.455 e. The zero-order valence-corrected chi connectivity index (χ0v) is 16.9. The van der Waals surface area contributed by atoms with Crippen molar-refractivity contribution in [2.24, 2.45) is 5.92 Å². The molecule has 1 aliphatic carbocycles. The highest BCUT2D eigenvalue weighted by atomic mass is 16.6. The van der Waals surface area contributed by atoms with Gasteiger partial charge in [-0.3, -0.25) is 24.5 Å². The molecule has 10 nitrogen and oxygen atoms in total. The number of ether oxygens (including phenoxy) is 1. The van der Waals surface area contributed by atoms with E-state index in [1.54, 1.807) is 18.2 Å². The van der Waals surface area contributed by atoms with E-state index in [0.717, 1.165) is 12.8 Å². The van der Waals surface area contributed by atoms with Crippen molar-refractivity contribution in [3.63, 3.8) is 0 Å². The molecule has 1 saturated heterocycles. The molecule has 0 radical (unpaired) electrons. The number of carbonyl (C=O) groups is 3. The fourth-order valence-corrected chi connectivity index (χ4v) is 3.41. The number of hydrogen-bond acceptors (Lipinski definition) is 7. The van der Waals surface area contributed by atoms with Crippen molar-refractivity contribution in [2.45, 2.75) is 31.7 Å². The third-order valence-electron chi connectivity index (χ3n) is 5.33. The van der Waals surface area contributed by atoms with Gasteiger partial charge >= 0.3 is 5.97 Å². The number of esters is 1. The molecule has 1 N–H and O–H groups in total. The van der Waals surface area contributed by atoms with Crippen LogP contribution in [0.3, 0.4) is 0 Å². The fourth-order valence-electron chi connectivity index (χ4n) is 3.41. The first-order valence-electron chi connectivity index (χ1n) is 10.0. The second-order valence-electron chi connectivity index (χ2n) is 7.71. The van der Waals surface area contributed by atoms with E-state index in [4.69, 9.17) is 4.74 Å². The van der Waals surface area contributed by atoms with E-state index in [1.165, 1.54) is 18.0 Å². The predicted molar refractivity (Wildman–Crippen MR) is 108 cm³/mol. The molecule has 10 heteroatoms. The van der Waals surface area contributed by atoms with Crippen LogP contribution >= 0.6 is 0 Å². The second kappa shape index (κ2) is 9.55. The zero-order chi connectivity index (χ0) is 21.7. The van der Waals surface area contributed by atoms with Crippen LogP contribution in [0.2, 0.25) is 0 Å². The Labute approximate surface area is 174 Å². The summed E-state index contributed by atoms with van der Waals surface area (Å²) in [7, 11) is 1.49. The number of nitro benzene ring substituents is 1. The molecule has 0 spiro atoms. The lowest BCUT2D eigenvalue weighted by Gasteiger charge is -2.32. The number of amides is 2. The van der Waals surface area contributed by atoms with Gasteiger partial charge in [-0.25, -0.2) is 0 Å². The van der Waals surface area contributed by atoms with Gasteiger partial charge in [0.15, 0.2) is 6.61 Å². The SMILES string of the molecule is CN(CC(=O)NC1CC1)C(=O)COC(=O)C1CCN(c2ccccc2[N+](=O)[O-])CC1. The molecule has 162 valence electrons. The molecule has 2 amide bonds. The molecule has 3 rings (SSSR count). The Morgan fingerprint density at radius 1 is 1.20 bits per heavy atom. The van der Waals surface area contributed by atoms with E-state index < -0.39 is 23.4 Å². The summed E-state index contributed by atoms with van der Waals surface area (Å²) in [6, 6.07) is 6.75.